The van der Waals surface area contributed by atoms with Gasteiger partial charge in [-0.1, -0.05) is 18.2 Å². The largest absolute Gasteiger partial charge is 0.487 e. The van der Waals surface area contributed by atoms with Gasteiger partial charge in [0.15, 0.2) is 0 Å². The van der Waals surface area contributed by atoms with Crippen LogP contribution in [-0.2, 0) is 13.0 Å². The third-order valence-corrected chi connectivity index (χ3v) is 3.98. The summed E-state index contributed by atoms with van der Waals surface area (Å²) in [5.74, 6) is 0.333. The average molecular weight is 314 g/mol. The summed E-state index contributed by atoms with van der Waals surface area (Å²) in [6.45, 7) is 0.286. The summed E-state index contributed by atoms with van der Waals surface area (Å²) < 4.78 is 18.8. The first kappa shape index (κ1) is 14.5. The van der Waals surface area contributed by atoms with Gasteiger partial charge in [-0.05, 0) is 35.4 Å². The fourth-order valence-corrected chi connectivity index (χ4v) is 2.79. The van der Waals surface area contributed by atoms with Gasteiger partial charge in [-0.15, -0.1) is 11.3 Å². The van der Waals surface area contributed by atoms with E-state index in [-0.39, 0.29) is 12.4 Å². The summed E-state index contributed by atoms with van der Waals surface area (Å²) in [6, 6.07) is 12.0. The molecule has 0 atom stereocenters. The fraction of sp³-hybridized carbons (Fsp3) is 0.118. The van der Waals surface area contributed by atoms with Crippen LogP contribution in [0, 0.1) is 5.82 Å². The Balaban J connectivity index is 1.67. The summed E-state index contributed by atoms with van der Waals surface area (Å²) >= 11 is 1.62. The molecule has 3 nitrogen and oxygen atoms in total. The van der Waals surface area contributed by atoms with E-state index in [1.165, 1.54) is 12.1 Å². The van der Waals surface area contributed by atoms with Gasteiger partial charge in [0.25, 0.3) is 0 Å². The van der Waals surface area contributed by atoms with Crippen LogP contribution in [0.2, 0.25) is 0 Å². The second-order valence-electron chi connectivity index (χ2n) is 4.89. The van der Waals surface area contributed by atoms with E-state index < -0.39 is 0 Å². The first-order valence-electron chi connectivity index (χ1n) is 6.85. The second kappa shape index (κ2) is 6.58. The molecule has 0 aliphatic rings. The predicted octanol–water partition coefficient (Wildman–Crippen LogP) is 4.03. The molecule has 0 fully saturated rings. The predicted molar refractivity (Wildman–Crippen MR) is 86.5 cm³/mol. The minimum Gasteiger partial charge on any atom is -0.487 e. The van der Waals surface area contributed by atoms with E-state index in [4.69, 9.17) is 10.5 Å². The molecule has 0 aliphatic heterocycles. The third kappa shape index (κ3) is 3.62. The summed E-state index contributed by atoms with van der Waals surface area (Å²) in [7, 11) is 0. The minimum absolute atomic E-state index is 0.270. The Morgan fingerprint density at radius 3 is 2.77 bits per heavy atom. The van der Waals surface area contributed by atoms with Crippen LogP contribution in [-0.4, -0.2) is 4.98 Å². The topological polar surface area (TPSA) is 48.1 Å². The molecule has 1 aromatic heterocycles. The normalized spacial score (nSPS) is 10.6. The van der Waals surface area contributed by atoms with Crippen molar-refractivity contribution in [2.24, 2.45) is 0 Å². The van der Waals surface area contributed by atoms with E-state index in [9.17, 15) is 4.39 Å². The Bertz CT molecular complexity index is 759. The lowest BCUT2D eigenvalue weighted by Crippen LogP contribution is -2.00. The molecule has 3 rings (SSSR count). The molecule has 0 saturated heterocycles. The van der Waals surface area contributed by atoms with E-state index in [0.29, 0.717) is 11.4 Å². The van der Waals surface area contributed by atoms with E-state index in [0.717, 1.165) is 22.6 Å². The molecule has 3 aromatic rings. The van der Waals surface area contributed by atoms with Gasteiger partial charge in [0, 0.05) is 18.0 Å². The smallest absolute Gasteiger partial charge is 0.142 e. The Hall–Kier alpha value is -2.40. The number of halogens is 1. The highest BCUT2D eigenvalue weighted by molar-refractivity contribution is 7.09. The molecule has 0 saturated carbocycles. The maximum Gasteiger partial charge on any atom is 0.142 e. The van der Waals surface area contributed by atoms with E-state index in [2.05, 4.69) is 4.98 Å². The summed E-state index contributed by atoms with van der Waals surface area (Å²) in [4.78, 5) is 4.26. The quantitative estimate of drug-likeness (QED) is 0.723. The summed E-state index contributed by atoms with van der Waals surface area (Å²) in [5.41, 5.74) is 8.46. The van der Waals surface area contributed by atoms with Gasteiger partial charge < -0.3 is 10.5 Å². The highest BCUT2D eigenvalue weighted by Gasteiger charge is 2.05. The van der Waals surface area contributed by atoms with Gasteiger partial charge in [-0.25, -0.2) is 9.37 Å². The van der Waals surface area contributed by atoms with Crippen LogP contribution in [0.3, 0.4) is 0 Å². The van der Waals surface area contributed by atoms with Crippen molar-refractivity contribution >= 4 is 17.0 Å². The molecule has 0 spiro atoms. The Kier molecular flexibility index (Phi) is 4.34. The molecule has 1 heterocycles. The van der Waals surface area contributed by atoms with Crippen molar-refractivity contribution in [1.29, 1.82) is 0 Å². The van der Waals surface area contributed by atoms with Gasteiger partial charge in [-0.2, -0.15) is 0 Å². The summed E-state index contributed by atoms with van der Waals surface area (Å²) in [5, 5.41) is 3.00. The zero-order valence-corrected chi connectivity index (χ0v) is 12.6. The molecule has 22 heavy (non-hydrogen) atoms. The van der Waals surface area contributed by atoms with Gasteiger partial charge in [0.2, 0.25) is 0 Å². The van der Waals surface area contributed by atoms with Crippen molar-refractivity contribution in [2.75, 3.05) is 5.73 Å². The number of thiazole rings is 1. The zero-order valence-electron chi connectivity index (χ0n) is 11.8. The van der Waals surface area contributed by atoms with Crippen LogP contribution in [0.4, 0.5) is 10.1 Å². The van der Waals surface area contributed by atoms with Crippen molar-refractivity contribution in [3.63, 3.8) is 0 Å². The minimum atomic E-state index is -0.270. The number of hydrogen-bond donors (Lipinski definition) is 1. The lowest BCUT2D eigenvalue weighted by Gasteiger charge is -2.10. The molecule has 2 aromatic carbocycles. The maximum absolute atomic E-state index is 13.1. The average Bonchev–Trinajstić information content (AvgIpc) is 2.99. The van der Waals surface area contributed by atoms with Gasteiger partial charge in [0.1, 0.15) is 18.2 Å². The van der Waals surface area contributed by atoms with E-state index >= 15 is 0 Å². The molecule has 0 radical (unpaired) electrons. The van der Waals surface area contributed by atoms with Crippen LogP contribution >= 0.6 is 11.3 Å². The van der Waals surface area contributed by atoms with Crippen LogP contribution in [0.25, 0.3) is 0 Å². The number of anilines is 1. The highest BCUT2D eigenvalue weighted by atomic mass is 32.1. The van der Waals surface area contributed by atoms with Crippen LogP contribution in [0.1, 0.15) is 16.1 Å². The first-order chi connectivity index (χ1) is 10.7. The van der Waals surface area contributed by atoms with Crippen molar-refractivity contribution in [3.8, 4) is 5.75 Å². The van der Waals surface area contributed by atoms with Crippen molar-refractivity contribution in [3.05, 3.63) is 76.0 Å². The van der Waals surface area contributed by atoms with E-state index in [1.807, 2.05) is 29.6 Å². The molecule has 2 N–H and O–H groups in total. The number of nitrogens with zero attached hydrogens (tertiary/aromatic N) is 1. The molecule has 112 valence electrons. The number of benzene rings is 2. The number of nitrogen functional groups attached to an aromatic ring is 1. The molecule has 0 amide bonds. The zero-order chi connectivity index (χ0) is 15.4. The summed E-state index contributed by atoms with van der Waals surface area (Å²) in [6.07, 6.45) is 2.55. The Labute approximate surface area is 132 Å². The van der Waals surface area contributed by atoms with Crippen LogP contribution in [0.15, 0.2) is 54.0 Å². The van der Waals surface area contributed by atoms with E-state index in [1.54, 1.807) is 23.6 Å². The van der Waals surface area contributed by atoms with Crippen molar-refractivity contribution in [1.82, 2.24) is 4.98 Å². The third-order valence-electron chi connectivity index (χ3n) is 3.20. The molecule has 5 heteroatoms. The fourth-order valence-electron chi connectivity index (χ4n) is 2.14. The van der Waals surface area contributed by atoms with Crippen LogP contribution in [0.5, 0.6) is 5.75 Å². The van der Waals surface area contributed by atoms with Gasteiger partial charge in [-0.3, -0.25) is 0 Å². The number of nitrogens with two attached hydrogens (primary N) is 1. The van der Waals surface area contributed by atoms with Crippen molar-refractivity contribution < 1.29 is 9.13 Å². The lowest BCUT2D eigenvalue weighted by atomic mass is 10.1. The monoisotopic (exact) mass is 314 g/mol. The second-order valence-corrected chi connectivity index (χ2v) is 5.87. The highest BCUT2D eigenvalue weighted by Crippen LogP contribution is 2.25. The molecule has 0 unspecified atom stereocenters. The standard InChI is InChI=1S/C17H15FN2OS/c18-14-3-1-2-13(8-14)11-21-16-5-4-12(9-15(16)19)10-17-20-6-7-22-17/h1-9H,10-11,19H2. The molecule has 0 aliphatic carbocycles. The van der Waals surface area contributed by atoms with Crippen LogP contribution < -0.4 is 10.5 Å². The van der Waals surface area contributed by atoms with Gasteiger partial charge >= 0.3 is 0 Å². The Morgan fingerprint density at radius 2 is 2.05 bits per heavy atom. The number of rotatable bonds is 5. The number of hydrogen-bond acceptors (Lipinski definition) is 4. The Morgan fingerprint density at radius 1 is 1.14 bits per heavy atom. The SMILES string of the molecule is Nc1cc(Cc2nccs2)ccc1OCc1cccc(F)c1. The number of ether oxygens (including phenoxy) is 1. The maximum atomic E-state index is 13.1. The molecular formula is C17H15FN2OS. The lowest BCUT2D eigenvalue weighted by molar-refractivity contribution is 0.307. The van der Waals surface area contributed by atoms with Gasteiger partial charge in [0.05, 0.1) is 10.7 Å². The van der Waals surface area contributed by atoms with Crippen molar-refractivity contribution in [2.45, 2.75) is 13.0 Å². The number of aromatic nitrogens is 1. The molecular weight excluding hydrogens is 299 g/mol. The molecule has 0 bridgehead atoms. The first-order valence-corrected chi connectivity index (χ1v) is 7.73.